The molecule has 0 aliphatic heterocycles. The van der Waals surface area contributed by atoms with Gasteiger partial charge in [-0.15, -0.1) is 0 Å². The van der Waals surface area contributed by atoms with E-state index in [0.29, 0.717) is 0 Å². The van der Waals surface area contributed by atoms with Gasteiger partial charge in [-0.25, -0.2) is 4.79 Å². The van der Waals surface area contributed by atoms with Crippen molar-refractivity contribution in [3.63, 3.8) is 0 Å². The van der Waals surface area contributed by atoms with Crippen molar-refractivity contribution in [2.24, 2.45) is 0 Å². The number of carbonyl (C=O) groups is 1. The second-order valence-electron chi connectivity index (χ2n) is 3.00. The van der Waals surface area contributed by atoms with E-state index in [0.717, 1.165) is 0 Å². The minimum atomic E-state index is -1.10. The van der Waals surface area contributed by atoms with Gasteiger partial charge in [-0.2, -0.15) is 19.3 Å². The predicted octanol–water partition coefficient (Wildman–Crippen LogP) is 1.25. The summed E-state index contributed by atoms with van der Waals surface area (Å²) in [7, 11) is 0. The van der Waals surface area contributed by atoms with Crippen molar-refractivity contribution in [1.29, 1.82) is 0 Å². The number of halogens is 1. The zero-order valence-electron chi connectivity index (χ0n) is 8.38. The number of para-hydroxylation sites is 1. The highest BCUT2D eigenvalue weighted by Gasteiger charge is 2.10. The molecule has 6 nitrogen and oxygen atoms in total. The van der Waals surface area contributed by atoms with Crippen molar-refractivity contribution in [3.8, 4) is 0 Å². The van der Waals surface area contributed by atoms with Crippen molar-refractivity contribution in [1.82, 2.24) is 15.0 Å². The van der Waals surface area contributed by atoms with Gasteiger partial charge in [0.2, 0.25) is 12.3 Å². The lowest BCUT2D eigenvalue weighted by atomic mass is 10.2. The lowest BCUT2D eigenvalue weighted by Gasteiger charge is -2.06. The van der Waals surface area contributed by atoms with Crippen LogP contribution in [0.5, 0.6) is 0 Å². The van der Waals surface area contributed by atoms with Crippen LogP contribution in [-0.2, 0) is 0 Å². The Morgan fingerprint density at radius 2 is 2.12 bits per heavy atom. The first-order chi connectivity index (χ1) is 8.16. The summed E-state index contributed by atoms with van der Waals surface area (Å²) in [5.74, 6) is -1.21. The molecule has 1 radical (unpaired) electrons. The van der Waals surface area contributed by atoms with E-state index in [1.807, 2.05) is 0 Å². The van der Waals surface area contributed by atoms with Crippen LogP contribution in [0.15, 0.2) is 24.3 Å². The molecule has 0 aliphatic rings. The van der Waals surface area contributed by atoms with E-state index in [1.54, 1.807) is 12.1 Å². The standard InChI is InChI=1S/C10H6FN4O2/c11-9-12-5-13-10(15-9)14-7-4-2-1-3-6(7)8(16)17/h1-4H,(H,16,17)(H,12,13,14,15). The van der Waals surface area contributed by atoms with Gasteiger partial charge < -0.3 is 10.4 Å². The first kappa shape index (κ1) is 10.9. The van der Waals surface area contributed by atoms with Crippen LogP contribution in [0.25, 0.3) is 0 Å². The molecule has 0 unspecified atom stereocenters. The highest BCUT2D eigenvalue weighted by atomic mass is 19.1. The van der Waals surface area contributed by atoms with Crippen molar-refractivity contribution in [2.75, 3.05) is 5.32 Å². The summed E-state index contributed by atoms with van der Waals surface area (Å²) in [4.78, 5) is 20.9. The molecule has 0 bridgehead atoms. The molecule has 0 saturated carbocycles. The number of hydrogen-bond donors (Lipinski definition) is 2. The van der Waals surface area contributed by atoms with Crippen molar-refractivity contribution in [3.05, 3.63) is 42.2 Å². The number of aromatic carboxylic acids is 1. The topological polar surface area (TPSA) is 88.0 Å². The van der Waals surface area contributed by atoms with Crippen LogP contribution >= 0.6 is 0 Å². The van der Waals surface area contributed by atoms with E-state index >= 15 is 0 Å². The lowest BCUT2D eigenvalue weighted by Crippen LogP contribution is -2.05. The maximum Gasteiger partial charge on any atom is 0.337 e. The summed E-state index contributed by atoms with van der Waals surface area (Å²) in [6, 6.07) is 6.14. The van der Waals surface area contributed by atoms with Crippen LogP contribution in [0, 0.1) is 12.4 Å². The minimum absolute atomic E-state index is 0.0355. The second kappa shape index (κ2) is 4.52. The van der Waals surface area contributed by atoms with Crippen LogP contribution in [0.3, 0.4) is 0 Å². The maximum atomic E-state index is 12.7. The Bertz CT molecular complexity index is 562. The molecule has 85 valence electrons. The fraction of sp³-hybridized carbons (Fsp3) is 0. The van der Waals surface area contributed by atoms with Crippen LogP contribution < -0.4 is 5.32 Å². The van der Waals surface area contributed by atoms with E-state index in [4.69, 9.17) is 5.11 Å². The van der Waals surface area contributed by atoms with Crippen LogP contribution in [0.4, 0.5) is 16.0 Å². The first-order valence-electron chi connectivity index (χ1n) is 4.54. The summed E-state index contributed by atoms with van der Waals surface area (Å²) < 4.78 is 12.7. The fourth-order valence-electron chi connectivity index (χ4n) is 1.21. The average Bonchev–Trinajstić information content (AvgIpc) is 2.29. The molecule has 0 spiro atoms. The summed E-state index contributed by atoms with van der Waals surface area (Å²) in [5, 5.41) is 11.5. The zero-order chi connectivity index (χ0) is 12.3. The van der Waals surface area contributed by atoms with Gasteiger partial charge in [0.1, 0.15) is 0 Å². The first-order valence-corrected chi connectivity index (χ1v) is 4.54. The molecule has 2 N–H and O–H groups in total. The Morgan fingerprint density at radius 3 is 2.82 bits per heavy atom. The average molecular weight is 233 g/mol. The zero-order valence-corrected chi connectivity index (χ0v) is 8.38. The SMILES string of the molecule is O=C(O)c1ccccc1Nc1n[c]nc(F)n1. The smallest absolute Gasteiger partial charge is 0.337 e. The van der Waals surface area contributed by atoms with Gasteiger partial charge in [-0.3, -0.25) is 0 Å². The highest BCUT2D eigenvalue weighted by Crippen LogP contribution is 2.17. The number of benzene rings is 1. The molecule has 0 amide bonds. The Hall–Kier alpha value is -2.57. The Balaban J connectivity index is 2.33. The molecule has 2 aromatic rings. The van der Waals surface area contributed by atoms with Gasteiger partial charge in [0.05, 0.1) is 11.3 Å². The largest absolute Gasteiger partial charge is 0.478 e. The molecule has 0 aliphatic carbocycles. The van der Waals surface area contributed by atoms with E-state index in [9.17, 15) is 9.18 Å². The van der Waals surface area contributed by atoms with E-state index < -0.39 is 12.0 Å². The lowest BCUT2D eigenvalue weighted by molar-refractivity contribution is 0.0698. The molecule has 0 fully saturated rings. The van der Waals surface area contributed by atoms with Crippen LogP contribution in [-0.4, -0.2) is 26.0 Å². The number of rotatable bonds is 3. The molecule has 1 aromatic heterocycles. The summed E-state index contributed by atoms with van der Waals surface area (Å²) in [5.41, 5.74) is 0.298. The second-order valence-corrected chi connectivity index (χ2v) is 3.00. The number of aromatic nitrogens is 3. The number of anilines is 2. The van der Waals surface area contributed by atoms with Gasteiger partial charge in [-0.05, 0) is 12.1 Å². The quantitative estimate of drug-likeness (QED) is 0.829. The van der Waals surface area contributed by atoms with E-state index in [2.05, 4.69) is 26.6 Å². The maximum absolute atomic E-state index is 12.7. The molecule has 7 heteroatoms. The minimum Gasteiger partial charge on any atom is -0.478 e. The van der Waals surface area contributed by atoms with Gasteiger partial charge >= 0.3 is 12.0 Å². The molecule has 2 rings (SSSR count). The van der Waals surface area contributed by atoms with Gasteiger partial charge in [0.25, 0.3) is 0 Å². The van der Waals surface area contributed by atoms with Crippen LogP contribution in [0.1, 0.15) is 10.4 Å². The summed E-state index contributed by atoms with van der Waals surface area (Å²) in [6.07, 6.45) is 1.06. The molecule has 0 saturated heterocycles. The monoisotopic (exact) mass is 233 g/mol. The third-order valence-electron chi connectivity index (χ3n) is 1.90. The highest BCUT2D eigenvalue weighted by molar-refractivity contribution is 5.94. The third kappa shape index (κ3) is 2.51. The number of carboxylic acid groups (broad SMARTS) is 1. The fourth-order valence-corrected chi connectivity index (χ4v) is 1.21. The van der Waals surface area contributed by atoms with Gasteiger partial charge in [0.15, 0.2) is 0 Å². The van der Waals surface area contributed by atoms with E-state index in [-0.39, 0.29) is 17.2 Å². The Morgan fingerprint density at radius 1 is 1.35 bits per heavy atom. The summed E-state index contributed by atoms with van der Waals surface area (Å²) >= 11 is 0. The van der Waals surface area contributed by atoms with Crippen molar-refractivity contribution < 1.29 is 14.3 Å². The molecular formula is C10H6FN4O2. The van der Waals surface area contributed by atoms with E-state index in [1.165, 1.54) is 12.1 Å². The molecule has 1 aromatic carbocycles. The predicted molar refractivity (Wildman–Crippen MR) is 55.3 cm³/mol. The molecule has 0 atom stereocenters. The van der Waals surface area contributed by atoms with Gasteiger partial charge in [0, 0.05) is 0 Å². The van der Waals surface area contributed by atoms with Gasteiger partial charge in [-0.1, -0.05) is 12.1 Å². The van der Waals surface area contributed by atoms with Crippen LogP contribution in [0.2, 0.25) is 0 Å². The van der Waals surface area contributed by atoms with Crippen molar-refractivity contribution >= 4 is 17.6 Å². The number of nitrogens with zero attached hydrogens (tertiary/aromatic N) is 3. The number of hydrogen-bond acceptors (Lipinski definition) is 5. The normalized spacial score (nSPS) is 9.94. The number of carboxylic acids is 1. The molecule has 17 heavy (non-hydrogen) atoms. The Labute approximate surface area is 95.2 Å². The molecule has 1 heterocycles. The third-order valence-corrected chi connectivity index (χ3v) is 1.90. The summed E-state index contributed by atoms with van der Waals surface area (Å²) in [6.45, 7) is 0. The molecular weight excluding hydrogens is 227 g/mol. The Kier molecular flexibility index (Phi) is 2.91. The number of nitrogens with one attached hydrogen (secondary N) is 1. The van der Waals surface area contributed by atoms with Crippen molar-refractivity contribution in [2.45, 2.75) is 0 Å².